The molecule has 8 nitrogen and oxygen atoms in total. The van der Waals surface area contributed by atoms with E-state index in [4.69, 9.17) is 9.16 Å². The van der Waals surface area contributed by atoms with E-state index in [0.29, 0.717) is 0 Å². The van der Waals surface area contributed by atoms with Crippen molar-refractivity contribution in [3.05, 3.63) is 34.1 Å². The average Bonchev–Trinajstić information content (AvgIpc) is 2.54. The second-order valence-corrected chi connectivity index (χ2v) is 13.5. The third kappa shape index (κ3) is 3.96. The van der Waals surface area contributed by atoms with Gasteiger partial charge in [-0.2, -0.15) is 0 Å². The van der Waals surface area contributed by atoms with Crippen LogP contribution in [-0.2, 0) is 14.0 Å². The molecule has 2 rings (SSSR count). The molecule has 0 spiro atoms. The van der Waals surface area contributed by atoms with E-state index < -0.39 is 42.9 Å². The number of hydrogen-bond donors (Lipinski definition) is 1. The van der Waals surface area contributed by atoms with Crippen LogP contribution in [0.4, 0.5) is 5.69 Å². The summed E-state index contributed by atoms with van der Waals surface area (Å²) in [5.74, 6) is -0.526. The van der Waals surface area contributed by atoms with Crippen LogP contribution in [0.5, 0.6) is 0 Å². The second kappa shape index (κ2) is 7.05. The summed E-state index contributed by atoms with van der Waals surface area (Å²) in [4.78, 5) is 27.8. The first kappa shape index (κ1) is 21.6. The van der Waals surface area contributed by atoms with Crippen molar-refractivity contribution in [2.75, 3.05) is 0 Å². The highest BCUT2D eigenvalue weighted by Gasteiger charge is 2.55. The van der Waals surface area contributed by atoms with Crippen LogP contribution in [-0.4, -0.2) is 46.9 Å². The van der Waals surface area contributed by atoms with Crippen LogP contribution < -0.4 is 0 Å². The zero-order chi connectivity index (χ0) is 20.8. The summed E-state index contributed by atoms with van der Waals surface area (Å²) in [6, 6.07) is 1.46. The van der Waals surface area contributed by atoms with E-state index in [1.807, 2.05) is 33.9 Å². The third-order valence-corrected chi connectivity index (χ3v) is 10.2. The van der Waals surface area contributed by atoms with E-state index in [0.717, 1.165) is 6.20 Å². The summed E-state index contributed by atoms with van der Waals surface area (Å²) in [5.41, 5.74) is -1.77. The van der Waals surface area contributed by atoms with Crippen LogP contribution in [0.2, 0.25) is 18.1 Å². The van der Waals surface area contributed by atoms with E-state index in [1.165, 1.54) is 19.2 Å². The molecule has 1 N–H and O–H groups in total. The number of rotatable bonds is 4. The lowest BCUT2D eigenvalue weighted by molar-refractivity contribution is -0.386. The van der Waals surface area contributed by atoms with Gasteiger partial charge in [-0.05, 0) is 38.0 Å². The van der Waals surface area contributed by atoms with Crippen LogP contribution in [0.1, 0.15) is 46.3 Å². The van der Waals surface area contributed by atoms with Crippen molar-refractivity contribution in [1.82, 2.24) is 4.98 Å². The number of aliphatic hydroxyl groups is 1. The average molecular weight is 397 g/mol. The van der Waals surface area contributed by atoms with Crippen molar-refractivity contribution < 1.29 is 24.0 Å². The van der Waals surface area contributed by atoms with Gasteiger partial charge in [0, 0.05) is 6.20 Å². The van der Waals surface area contributed by atoms with E-state index in [1.54, 1.807) is 6.92 Å². The van der Waals surface area contributed by atoms with Crippen molar-refractivity contribution >= 4 is 19.8 Å². The minimum atomic E-state index is -2.44. The van der Waals surface area contributed by atoms with Gasteiger partial charge in [-0.25, -0.2) is 0 Å². The number of ether oxygens (including phenoxy) is 1. The Morgan fingerprint density at radius 2 is 2.00 bits per heavy atom. The number of Topliss-reactive ketones (excluding diaryl/α,β-unsaturated/α-hetero) is 1. The molecule has 1 saturated heterocycles. The molecule has 1 aliphatic rings. The maximum atomic E-state index is 13.1. The minimum absolute atomic E-state index is 0.197. The lowest BCUT2D eigenvalue weighted by Gasteiger charge is -2.47. The zero-order valence-corrected chi connectivity index (χ0v) is 17.8. The predicted octanol–water partition coefficient (Wildman–Crippen LogP) is 3.16. The molecule has 1 aromatic rings. The molecule has 0 unspecified atom stereocenters. The van der Waals surface area contributed by atoms with Crippen LogP contribution in [0.25, 0.3) is 0 Å². The van der Waals surface area contributed by atoms with Crippen molar-refractivity contribution in [3.63, 3.8) is 0 Å². The number of carbonyl (C=O) groups is 1. The van der Waals surface area contributed by atoms with Crippen molar-refractivity contribution in [2.24, 2.45) is 0 Å². The fourth-order valence-corrected chi connectivity index (χ4v) is 3.90. The first-order valence-electron chi connectivity index (χ1n) is 8.88. The molecule has 1 aliphatic heterocycles. The molecule has 0 aliphatic carbocycles. The van der Waals surface area contributed by atoms with Gasteiger partial charge in [0.15, 0.2) is 14.1 Å². The van der Waals surface area contributed by atoms with Gasteiger partial charge in [-0.1, -0.05) is 20.8 Å². The fourth-order valence-electron chi connectivity index (χ4n) is 2.69. The molecular weight excluding hydrogens is 368 g/mol. The third-order valence-electron chi connectivity index (χ3n) is 5.74. The van der Waals surface area contributed by atoms with Gasteiger partial charge >= 0.3 is 0 Å². The van der Waals surface area contributed by atoms with E-state index >= 15 is 0 Å². The molecule has 0 saturated carbocycles. The van der Waals surface area contributed by atoms with Gasteiger partial charge in [0.05, 0.1) is 16.6 Å². The highest BCUT2D eigenvalue weighted by Crippen LogP contribution is 2.44. The van der Waals surface area contributed by atoms with Crippen LogP contribution >= 0.6 is 0 Å². The largest absolute Gasteiger partial charge is 0.404 e. The zero-order valence-electron chi connectivity index (χ0n) is 16.8. The van der Waals surface area contributed by atoms with Gasteiger partial charge in [-0.15, -0.1) is 0 Å². The van der Waals surface area contributed by atoms with Crippen LogP contribution in [0, 0.1) is 10.1 Å². The fraction of sp³-hybridized carbons (Fsp3) is 0.667. The summed E-state index contributed by atoms with van der Waals surface area (Å²) in [5, 5.41) is 21.9. The highest BCUT2D eigenvalue weighted by molar-refractivity contribution is 6.74. The topological polar surface area (TPSA) is 112 Å². The Hall–Kier alpha value is -1.68. The Bertz CT molecular complexity index is 744. The summed E-state index contributed by atoms with van der Waals surface area (Å²) in [7, 11) is -2.44. The van der Waals surface area contributed by atoms with Crippen molar-refractivity contribution in [2.45, 2.75) is 76.7 Å². The summed E-state index contributed by atoms with van der Waals surface area (Å²) in [6.45, 7) is 13.0. The van der Waals surface area contributed by atoms with Gasteiger partial charge < -0.3 is 14.3 Å². The molecule has 4 atom stereocenters. The summed E-state index contributed by atoms with van der Waals surface area (Å²) in [6.07, 6.45) is -0.438. The predicted molar refractivity (Wildman–Crippen MR) is 102 cm³/mol. The Balaban J connectivity index is 2.56. The Labute approximate surface area is 160 Å². The Morgan fingerprint density at radius 3 is 2.52 bits per heavy atom. The number of hydrogen-bond acceptors (Lipinski definition) is 7. The lowest BCUT2D eigenvalue weighted by Crippen LogP contribution is -2.61. The minimum Gasteiger partial charge on any atom is -0.404 e. The van der Waals surface area contributed by atoms with E-state index in [2.05, 4.69) is 4.98 Å². The molecule has 0 bridgehead atoms. The quantitative estimate of drug-likeness (QED) is 0.472. The number of aromatic nitrogens is 1. The van der Waals surface area contributed by atoms with Gasteiger partial charge in [-0.3, -0.25) is 19.9 Å². The first-order chi connectivity index (χ1) is 12.2. The number of carbonyl (C=O) groups excluding carboxylic acids is 1. The van der Waals surface area contributed by atoms with Gasteiger partial charge in [0.25, 0.3) is 5.69 Å². The first-order valence-corrected chi connectivity index (χ1v) is 11.8. The maximum Gasteiger partial charge on any atom is 0.293 e. The normalized spacial score (nSPS) is 29.6. The maximum absolute atomic E-state index is 13.1. The van der Waals surface area contributed by atoms with E-state index in [-0.39, 0.29) is 16.3 Å². The molecule has 9 heteroatoms. The molecule has 27 heavy (non-hydrogen) atoms. The van der Waals surface area contributed by atoms with Crippen molar-refractivity contribution in [3.8, 4) is 0 Å². The molecule has 150 valence electrons. The molecule has 0 radical (unpaired) electrons. The smallest absolute Gasteiger partial charge is 0.293 e. The molecule has 0 amide bonds. The van der Waals surface area contributed by atoms with E-state index in [9.17, 15) is 20.0 Å². The second-order valence-electron chi connectivity index (χ2n) is 8.70. The van der Waals surface area contributed by atoms with Gasteiger partial charge in [0.2, 0.25) is 0 Å². The van der Waals surface area contributed by atoms with Gasteiger partial charge in [0.1, 0.15) is 24.0 Å². The monoisotopic (exact) mass is 396 g/mol. The lowest BCUT2D eigenvalue weighted by atomic mass is 9.84. The number of nitrogens with zero attached hydrogens (tertiary/aromatic N) is 2. The molecular formula is C18H28N2O6Si. The number of nitro groups is 1. The van der Waals surface area contributed by atoms with Crippen LogP contribution in [0.3, 0.4) is 0 Å². The summed E-state index contributed by atoms with van der Waals surface area (Å²) < 4.78 is 12.2. The number of pyridine rings is 1. The standard InChI is InChI=1S/C18H28N2O6Si/c1-11-18(5,22)16(21)15(26-27(6,7)17(2,3)4)14(25-11)12-8-9-19-10-13(12)20(23)24/h8-11,14-15,22H,1-7H3/t11-,14+,15+,18-/m1/s1. The van der Waals surface area contributed by atoms with Crippen molar-refractivity contribution in [1.29, 1.82) is 0 Å². The van der Waals surface area contributed by atoms with Crippen LogP contribution in [0.15, 0.2) is 18.5 Å². The summed E-state index contributed by atoms with van der Waals surface area (Å²) >= 11 is 0. The Kier molecular flexibility index (Phi) is 5.64. The highest BCUT2D eigenvalue weighted by atomic mass is 28.4. The number of ketones is 1. The molecule has 1 fully saturated rings. The molecule has 0 aromatic carbocycles. The molecule has 1 aromatic heterocycles. The Morgan fingerprint density at radius 1 is 1.41 bits per heavy atom. The SMILES string of the molecule is C[C@H]1O[C@@H](c2ccncc2[N+](=O)[O-])[C@H](O[Si](C)(C)C(C)(C)C)C(=O)[C@]1(C)O. The molecule has 2 heterocycles.